The SMILES string of the molecule is NC(=S)CN1CCN(C(=O)COCC(F)(F)F)CC1. The zero-order valence-electron chi connectivity index (χ0n) is 10.3. The topological polar surface area (TPSA) is 58.8 Å². The van der Waals surface area contributed by atoms with Gasteiger partial charge in [0.15, 0.2) is 0 Å². The highest BCUT2D eigenvalue weighted by Crippen LogP contribution is 2.14. The van der Waals surface area contributed by atoms with Crippen LogP contribution >= 0.6 is 12.2 Å². The van der Waals surface area contributed by atoms with Crippen LogP contribution in [0.25, 0.3) is 0 Å². The minimum absolute atomic E-state index is 0.383. The zero-order chi connectivity index (χ0) is 14.5. The van der Waals surface area contributed by atoms with Crippen LogP contribution in [0, 0.1) is 0 Å². The Balaban J connectivity index is 2.23. The molecule has 0 aromatic rings. The third-order valence-corrected chi connectivity index (χ3v) is 2.72. The van der Waals surface area contributed by atoms with Crippen LogP contribution in [0.4, 0.5) is 13.2 Å². The molecule has 0 spiro atoms. The molecule has 0 unspecified atom stereocenters. The number of alkyl halides is 3. The Bertz CT molecular complexity index is 330. The van der Waals surface area contributed by atoms with Gasteiger partial charge in [0.1, 0.15) is 13.2 Å². The average molecular weight is 299 g/mol. The van der Waals surface area contributed by atoms with E-state index in [1.165, 1.54) is 4.90 Å². The van der Waals surface area contributed by atoms with Gasteiger partial charge >= 0.3 is 6.18 Å². The zero-order valence-corrected chi connectivity index (χ0v) is 11.1. The number of halogens is 3. The first kappa shape index (κ1) is 16.1. The molecule has 0 aliphatic carbocycles. The quantitative estimate of drug-likeness (QED) is 0.724. The molecule has 1 aliphatic rings. The van der Waals surface area contributed by atoms with E-state index in [0.717, 1.165) is 0 Å². The predicted molar refractivity (Wildman–Crippen MR) is 66.7 cm³/mol. The summed E-state index contributed by atoms with van der Waals surface area (Å²) in [6.45, 7) is 0.620. The average Bonchev–Trinajstić information content (AvgIpc) is 2.27. The van der Waals surface area contributed by atoms with Crippen molar-refractivity contribution in [1.29, 1.82) is 0 Å². The van der Waals surface area contributed by atoms with Crippen molar-refractivity contribution in [2.75, 3.05) is 45.9 Å². The lowest BCUT2D eigenvalue weighted by atomic mass is 10.3. The maximum atomic E-state index is 11.8. The van der Waals surface area contributed by atoms with Crippen LogP contribution in [-0.4, -0.2) is 72.8 Å². The van der Waals surface area contributed by atoms with E-state index in [1.807, 2.05) is 4.90 Å². The van der Waals surface area contributed by atoms with Crippen molar-refractivity contribution >= 4 is 23.1 Å². The highest BCUT2D eigenvalue weighted by atomic mass is 32.1. The number of nitrogens with two attached hydrogens (primary N) is 1. The van der Waals surface area contributed by atoms with Crippen molar-refractivity contribution in [3.63, 3.8) is 0 Å². The third kappa shape index (κ3) is 6.69. The first-order chi connectivity index (χ1) is 8.78. The Morgan fingerprint density at radius 2 is 1.84 bits per heavy atom. The molecule has 0 atom stereocenters. The highest BCUT2D eigenvalue weighted by Gasteiger charge is 2.28. The number of ether oxygens (including phenoxy) is 1. The molecular weight excluding hydrogens is 283 g/mol. The van der Waals surface area contributed by atoms with Gasteiger partial charge in [-0.05, 0) is 0 Å². The van der Waals surface area contributed by atoms with E-state index in [0.29, 0.717) is 37.7 Å². The number of rotatable bonds is 5. The fourth-order valence-electron chi connectivity index (χ4n) is 1.72. The van der Waals surface area contributed by atoms with Gasteiger partial charge in [0.05, 0.1) is 4.99 Å². The summed E-state index contributed by atoms with van der Waals surface area (Å²) in [6.07, 6.45) is -4.41. The summed E-state index contributed by atoms with van der Waals surface area (Å²) < 4.78 is 39.9. The number of nitrogens with zero attached hydrogens (tertiary/aromatic N) is 2. The normalized spacial score (nSPS) is 17.5. The number of piperazine rings is 1. The van der Waals surface area contributed by atoms with Gasteiger partial charge in [-0.2, -0.15) is 13.2 Å². The lowest BCUT2D eigenvalue weighted by molar-refractivity contribution is -0.178. The summed E-state index contributed by atoms with van der Waals surface area (Å²) in [4.78, 5) is 15.4. The highest BCUT2D eigenvalue weighted by molar-refractivity contribution is 7.80. The number of hydrogen-bond donors (Lipinski definition) is 1. The summed E-state index contributed by atoms with van der Waals surface area (Å²) in [5, 5.41) is 0. The molecule has 19 heavy (non-hydrogen) atoms. The van der Waals surface area contributed by atoms with Gasteiger partial charge in [-0.1, -0.05) is 12.2 Å². The van der Waals surface area contributed by atoms with Gasteiger partial charge in [0.2, 0.25) is 5.91 Å². The lowest BCUT2D eigenvalue weighted by Crippen LogP contribution is -2.51. The first-order valence-electron chi connectivity index (χ1n) is 5.71. The number of thiocarbonyl (C=S) groups is 1. The van der Waals surface area contributed by atoms with Crippen LogP contribution in [0.3, 0.4) is 0 Å². The number of carbonyl (C=O) groups excluding carboxylic acids is 1. The molecule has 0 radical (unpaired) electrons. The number of carbonyl (C=O) groups is 1. The second-order valence-electron chi connectivity index (χ2n) is 4.23. The summed E-state index contributed by atoms with van der Waals surface area (Å²) in [5.74, 6) is -0.431. The summed E-state index contributed by atoms with van der Waals surface area (Å²) in [7, 11) is 0. The van der Waals surface area contributed by atoms with Crippen molar-refractivity contribution in [2.45, 2.75) is 6.18 Å². The summed E-state index contributed by atoms with van der Waals surface area (Å²) in [6, 6.07) is 0. The standard InChI is InChI=1S/C10H16F3N3O2S/c11-10(12,13)7-18-6-9(17)16-3-1-15(2-4-16)5-8(14)19/h1-7H2,(H2,14,19). The van der Waals surface area contributed by atoms with Crippen LogP contribution in [-0.2, 0) is 9.53 Å². The van der Waals surface area contributed by atoms with E-state index in [9.17, 15) is 18.0 Å². The van der Waals surface area contributed by atoms with E-state index in [2.05, 4.69) is 4.74 Å². The largest absolute Gasteiger partial charge is 0.411 e. The van der Waals surface area contributed by atoms with Gasteiger partial charge in [0, 0.05) is 32.7 Å². The molecule has 0 aromatic carbocycles. The summed E-state index contributed by atoms with van der Waals surface area (Å²) >= 11 is 4.78. The van der Waals surface area contributed by atoms with Crippen molar-refractivity contribution < 1.29 is 22.7 Å². The lowest BCUT2D eigenvalue weighted by Gasteiger charge is -2.34. The van der Waals surface area contributed by atoms with Crippen LogP contribution in [0.15, 0.2) is 0 Å². The van der Waals surface area contributed by atoms with Crippen LogP contribution in [0.1, 0.15) is 0 Å². The van der Waals surface area contributed by atoms with Crippen LogP contribution in [0.5, 0.6) is 0 Å². The molecule has 1 amide bonds. The molecule has 0 saturated carbocycles. The third-order valence-electron chi connectivity index (χ3n) is 2.60. The monoisotopic (exact) mass is 299 g/mol. The Kier molecular flexibility index (Phi) is 5.95. The second kappa shape index (κ2) is 7.01. The van der Waals surface area contributed by atoms with E-state index in [1.54, 1.807) is 0 Å². The molecule has 1 fully saturated rings. The van der Waals surface area contributed by atoms with Gasteiger partial charge in [-0.3, -0.25) is 9.69 Å². The minimum atomic E-state index is -4.41. The van der Waals surface area contributed by atoms with Crippen molar-refractivity contribution in [1.82, 2.24) is 9.80 Å². The van der Waals surface area contributed by atoms with Gasteiger partial charge in [-0.15, -0.1) is 0 Å². The predicted octanol–water partition coefficient (Wildman–Crippen LogP) is -0.00440. The summed E-state index contributed by atoms with van der Waals surface area (Å²) in [5.41, 5.74) is 5.41. The van der Waals surface area contributed by atoms with Gasteiger partial charge < -0.3 is 15.4 Å². The molecular formula is C10H16F3N3O2S. The Labute approximate surface area is 114 Å². The fraction of sp³-hybridized carbons (Fsp3) is 0.800. The Morgan fingerprint density at radius 3 is 2.32 bits per heavy atom. The van der Waals surface area contributed by atoms with Crippen molar-refractivity contribution in [3.8, 4) is 0 Å². The van der Waals surface area contributed by atoms with Crippen LogP contribution < -0.4 is 5.73 Å². The van der Waals surface area contributed by atoms with Crippen molar-refractivity contribution in [2.24, 2.45) is 5.73 Å². The molecule has 1 rings (SSSR count). The molecule has 110 valence electrons. The van der Waals surface area contributed by atoms with Gasteiger partial charge in [-0.25, -0.2) is 0 Å². The second-order valence-corrected chi connectivity index (χ2v) is 4.76. The molecule has 1 saturated heterocycles. The van der Waals surface area contributed by atoms with E-state index in [-0.39, 0.29) is 0 Å². The molecule has 2 N–H and O–H groups in total. The molecule has 0 aromatic heterocycles. The fourth-order valence-corrected chi connectivity index (χ4v) is 1.90. The van der Waals surface area contributed by atoms with Crippen molar-refractivity contribution in [3.05, 3.63) is 0 Å². The Hall–Kier alpha value is -0.930. The van der Waals surface area contributed by atoms with Crippen LogP contribution in [0.2, 0.25) is 0 Å². The smallest absolute Gasteiger partial charge is 0.392 e. The van der Waals surface area contributed by atoms with E-state index >= 15 is 0 Å². The maximum absolute atomic E-state index is 11.8. The number of amides is 1. The molecule has 9 heteroatoms. The molecule has 1 heterocycles. The first-order valence-corrected chi connectivity index (χ1v) is 6.11. The van der Waals surface area contributed by atoms with E-state index in [4.69, 9.17) is 18.0 Å². The molecule has 5 nitrogen and oxygen atoms in total. The number of hydrogen-bond acceptors (Lipinski definition) is 4. The molecule has 0 bridgehead atoms. The maximum Gasteiger partial charge on any atom is 0.411 e. The van der Waals surface area contributed by atoms with E-state index < -0.39 is 25.3 Å². The Morgan fingerprint density at radius 1 is 1.26 bits per heavy atom. The van der Waals surface area contributed by atoms with Gasteiger partial charge in [0.25, 0.3) is 0 Å². The minimum Gasteiger partial charge on any atom is -0.392 e. The molecule has 1 aliphatic heterocycles.